The van der Waals surface area contributed by atoms with E-state index in [1.807, 2.05) is 11.9 Å². The predicted octanol–water partition coefficient (Wildman–Crippen LogP) is 5.05. The fourth-order valence-corrected chi connectivity index (χ4v) is 5.40. The van der Waals surface area contributed by atoms with Crippen LogP contribution in [-0.2, 0) is 4.74 Å². The molecule has 2 N–H and O–H groups in total. The highest BCUT2D eigenvalue weighted by Crippen LogP contribution is 2.34. The Bertz CT molecular complexity index is 1450. The molecule has 1 saturated heterocycles. The van der Waals surface area contributed by atoms with Crippen molar-refractivity contribution in [2.45, 2.75) is 63.9 Å². The Morgan fingerprint density at radius 3 is 2.70 bits per heavy atom. The molecule has 37 heavy (non-hydrogen) atoms. The molecule has 2 unspecified atom stereocenters. The zero-order valence-corrected chi connectivity index (χ0v) is 21.1. The molecule has 2 fully saturated rings. The molecule has 8 nitrogen and oxygen atoms in total. The van der Waals surface area contributed by atoms with Crippen LogP contribution in [0.5, 0.6) is 0 Å². The number of aromatic amines is 1. The van der Waals surface area contributed by atoms with Crippen molar-refractivity contribution >= 4 is 16.8 Å². The number of H-pyrrole nitrogens is 1. The van der Waals surface area contributed by atoms with Gasteiger partial charge >= 0.3 is 0 Å². The molecule has 4 aromatic rings. The Balaban J connectivity index is 1.18. The van der Waals surface area contributed by atoms with Gasteiger partial charge in [-0.1, -0.05) is 19.1 Å². The molecule has 2 aromatic heterocycles. The van der Waals surface area contributed by atoms with Crippen LogP contribution in [-0.4, -0.2) is 57.5 Å². The Labute approximate surface area is 214 Å². The SMILES string of the molecule is CCC1OC1N[C@H]1CC[C@@H](N(C)C(=O)c2ccc(-c3cc4c(-c5nnc(C)o5)c[nH]c4cc3F)cc2)C1. The number of nitrogens with zero attached hydrogens (tertiary/aromatic N) is 3. The number of amides is 1. The highest BCUT2D eigenvalue weighted by molar-refractivity contribution is 5.97. The molecule has 0 bridgehead atoms. The molecule has 6 rings (SSSR count). The molecule has 0 radical (unpaired) electrons. The molecular formula is C28H30FN5O3. The summed E-state index contributed by atoms with van der Waals surface area (Å²) < 4.78 is 26.2. The fraction of sp³-hybridized carbons (Fsp3) is 0.393. The number of hydrogen-bond acceptors (Lipinski definition) is 6. The van der Waals surface area contributed by atoms with E-state index in [4.69, 9.17) is 9.15 Å². The molecule has 9 heteroatoms. The van der Waals surface area contributed by atoms with Gasteiger partial charge in [0.1, 0.15) is 12.0 Å². The minimum Gasteiger partial charge on any atom is -0.421 e. The highest BCUT2D eigenvalue weighted by atomic mass is 19.1. The highest BCUT2D eigenvalue weighted by Gasteiger charge is 2.40. The quantitative estimate of drug-likeness (QED) is 0.343. The van der Waals surface area contributed by atoms with Gasteiger partial charge in [0.2, 0.25) is 11.8 Å². The molecule has 2 aromatic carbocycles. The van der Waals surface area contributed by atoms with E-state index in [2.05, 4.69) is 27.4 Å². The van der Waals surface area contributed by atoms with Gasteiger partial charge in [0.25, 0.3) is 5.91 Å². The summed E-state index contributed by atoms with van der Waals surface area (Å²) in [7, 11) is 1.87. The van der Waals surface area contributed by atoms with Crippen LogP contribution in [0, 0.1) is 12.7 Å². The van der Waals surface area contributed by atoms with Gasteiger partial charge in [-0.05, 0) is 55.5 Å². The maximum Gasteiger partial charge on any atom is 0.253 e. The summed E-state index contributed by atoms with van der Waals surface area (Å²) in [5.74, 6) is 0.461. The number of carbonyl (C=O) groups excluding carboxylic acids is 1. The Morgan fingerprint density at radius 1 is 1.19 bits per heavy atom. The van der Waals surface area contributed by atoms with E-state index in [0.29, 0.717) is 51.7 Å². The number of aryl methyl sites for hydroxylation is 1. The van der Waals surface area contributed by atoms with Gasteiger partial charge < -0.3 is 19.0 Å². The zero-order valence-electron chi connectivity index (χ0n) is 21.1. The lowest BCUT2D eigenvalue weighted by molar-refractivity contribution is 0.0733. The summed E-state index contributed by atoms with van der Waals surface area (Å²) >= 11 is 0. The van der Waals surface area contributed by atoms with Crippen LogP contribution >= 0.6 is 0 Å². The number of ether oxygens (including phenoxy) is 1. The van der Waals surface area contributed by atoms with Crippen molar-refractivity contribution in [2.24, 2.45) is 0 Å². The normalized spacial score (nSPS) is 23.0. The van der Waals surface area contributed by atoms with Crippen LogP contribution in [0.4, 0.5) is 4.39 Å². The van der Waals surface area contributed by atoms with Crippen LogP contribution in [0.15, 0.2) is 47.0 Å². The molecule has 1 amide bonds. The van der Waals surface area contributed by atoms with Gasteiger partial charge in [-0.3, -0.25) is 10.1 Å². The third-order valence-corrected chi connectivity index (χ3v) is 7.63. The van der Waals surface area contributed by atoms with E-state index in [1.54, 1.807) is 43.5 Å². The average molecular weight is 504 g/mol. The molecule has 1 aliphatic heterocycles. The predicted molar refractivity (Wildman–Crippen MR) is 137 cm³/mol. The number of carbonyl (C=O) groups is 1. The summed E-state index contributed by atoms with van der Waals surface area (Å²) in [6.07, 6.45) is 6.16. The smallest absolute Gasteiger partial charge is 0.253 e. The maximum atomic E-state index is 15.0. The Morgan fingerprint density at radius 2 is 2.00 bits per heavy atom. The molecule has 2 aliphatic rings. The summed E-state index contributed by atoms with van der Waals surface area (Å²) in [6, 6.07) is 10.9. The topological polar surface area (TPSA) is 99.6 Å². The van der Waals surface area contributed by atoms with Crippen molar-refractivity contribution < 1.29 is 18.3 Å². The van der Waals surface area contributed by atoms with Gasteiger partial charge in [-0.25, -0.2) is 4.39 Å². The van der Waals surface area contributed by atoms with Gasteiger partial charge in [-0.15, -0.1) is 10.2 Å². The number of aromatic nitrogens is 3. The number of fused-ring (bicyclic) bond motifs is 1. The van der Waals surface area contributed by atoms with Gasteiger partial charge in [0, 0.05) is 54.3 Å². The standard InChI is InChI=1S/C28H30FN5O3/c1-4-25-27(37-25)31-18-9-10-19(11-18)34(3)28(35)17-7-5-16(6-8-17)20-12-21-22(26-33-32-15(2)36-26)14-30-24(21)13-23(20)29/h5-8,12-14,18-19,25,27,30-31H,4,9-11H2,1-3H3/t18-,19+,25?,27?/m0/s1. The van der Waals surface area contributed by atoms with E-state index >= 15 is 4.39 Å². The first-order valence-electron chi connectivity index (χ1n) is 12.8. The molecular weight excluding hydrogens is 473 g/mol. The van der Waals surface area contributed by atoms with Crippen LogP contribution in [0.25, 0.3) is 33.5 Å². The average Bonchev–Trinajstić information content (AvgIpc) is 3.22. The second-order valence-corrected chi connectivity index (χ2v) is 10.0. The van der Waals surface area contributed by atoms with Crippen LogP contribution in [0.1, 0.15) is 48.9 Å². The number of halogens is 1. The van der Waals surface area contributed by atoms with E-state index < -0.39 is 0 Å². The first kappa shape index (κ1) is 23.8. The first-order valence-corrected chi connectivity index (χ1v) is 12.8. The van der Waals surface area contributed by atoms with Crippen molar-refractivity contribution in [3.05, 3.63) is 59.9 Å². The lowest BCUT2D eigenvalue weighted by atomic mass is 10.00. The van der Waals surface area contributed by atoms with Gasteiger partial charge in [0.15, 0.2) is 0 Å². The maximum absolute atomic E-state index is 15.0. The molecule has 0 spiro atoms. The Kier molecular flexibility index (Phi) is 6.04. The summed E-state index contributed by atoms with van der Waals surface area (Å²) in [5.41, 5.74) is 3.07. The summed E-state index contributed by atoms with van der Waals surface area (Å²) in [6.45, 7) is 3.85. The fourth-order valence-electron chi connectivity index (χ4n) is 5.40. The number of hydrogen-bond donors (Lipinski definition) is 2. The minimum absolute atomic E-state index is 0.0260. The minimum atomic E-state index is -0.353. The van der Waals surface area contributed by atoms with Crippen LogP contribution < -0.4 is 5.32 Å². The second kappa shape index (κ2) is 9.39. The summed E-state index contributed by atoms with van der Waals surface area (Å²) in [5, 5.41) is 12.3. The van der Waals surface area contributed by atoms with Crippen molar-refractivity contribution in [2.75, 3.05) is 7.05 Å². The van der Waals surface area contributed by atoms with Crippen molar-refractivity contribution in [3.8, 4) is 22.6 Å². The lowest BCUT2D eigenvalue weighted by Crippen LogP contribution is -2.37. The van der Waals surface area contributed by atoms with Crippen LogP contribution in [0.2, 0.25) is 0 Å². The molecule has 1 saturated carbocycles. The van der Waals surface area contributed by atoms with Crippen molar-refractivity contribution in [1.29, 1.82) is 0 Å². The second-order valence-electron chi connectivity index (χ2n) is 10.0. The molecule has 192 valence electrons. The summed E-state index contributed by atoms with van der Waals surface area (Å²) in [4.78, 5) is 18.1. The number of rotatable bonds is 7. The number of nitrogens with one attached hydrogen (secondary N) is 2. The third kappa shape index (κ3) is 4.53. The van der Waals surface area contributed by atoms with Crippen molar-refractivity contribution in [1.82, 2.24) is 25.4 Å². The number of epoxide rings is 1. The lowest BCUT2D eigenvalue weighted by Gasteiger charge is -2.25. The van der Waals surface area contributed by atoms with Gasteiger partial charge in [-0.2, -0.15) is 0 Å². The molecule has 3 heterocycles. The molecule has 4 atom stereocenters. The van der Waals surface area contributed by atoms with Crippen LogP contribution in [0.3, 0.4) is 0 Å². The van der Waals surface area contributed by atoms with Crippen molar-refractivity contribution in [3.63, 3.8) is 0 Å². The van der Waals surface area contributed by atoms with Gasteiger partial charge in [0.05, 0.1) is 11.7 Å². The third-order valence-electron chi connectivity index (χ3n) is 7.63. The zero-order chi connectivity index (χ0) is 25.7. The Hall–Kier alpha value is -3.56. The van der Waals surface area contributed by atoms with E-state index in [0.717, 1.165) is 31.1 Å². The first-order chi connectivity index (χ1) is 17.9. The van der Waals surface area contributed by atoms with E-state index in [-0.39, 0.29) is 24.0 Å². The van der Waals surface area contributed by atoms with E-state index in [9.17, 15) is 4.79 Å². The monoisotopic (exact) mass is 503 g/mol. The van der Waals surface area contributed by atoms with E-state index in [1.165, 1.54) is 6.07 Å². The number of benzene rings is 2. The molecule has 1 aliphatic carbocycles. The largest absolute Gasteiger partial charge is 0.421 e.